The van der Waals surface area contributed by atoms with Gasteiger partial charge in [-0.15, -0.1) is 0 Å². The molecule has 2 N–H and O–H groups in total. The monoisotopic (exact) mass is 181 g/mol. The lowest BCUT2D eigenvalue weighted by Crippen LogP contribution is -1.86. The summed E-state index contributed by atoms with van der Waals surface area (Å²) in [7, 11) is 0. The highest BCUT2D eigenvalue weighted by Gasteiger charge is 1.87. The standard InChI is InChI=1S/C8H9N.2C2H6.H2/c1-2-7-5-3-4-6-8(7)9;2*1-2;/h2-6H,1,9H2;2*1-2H3;1H. The average molecular weight is 181 g/mol. The zero-order chi connectivity index (χ0) is 10.7. The molecule has 0 bridgehead atoms. The number of hydrogen-bond donors (Lipinski definition) is 1. The Balaban J connectivity index is -0.000000216. The van der Waals surface area contributed by atoms with Crippen molar-refractivity contribution in [3.8, 4) is 0 Å². The number of anilines is 1. The van der Waals surface area contributed by atoms with Gasteiger partial charge in [-0.25, -0.2) is 0 Å². The van der Waals surface area contributed by atoms with Crippen molar-refractivity contribution < 1.29 is 1.43 Å². The van der Waals surface area contributed by atoms with E-state index in [9.17, 15) is 0 Å². The first kappa shape index (κ1) is 14.3. The maximum absolute atomic E-state index is 5.56. The number of benzene rings is 1. The Labute approximate surface area is 83.8 Å². The molecule has 0 heterocycles. The van der Waals surface area contributed by atoms with Crippen LogP contribution in [0.25, 0.3) is 6.08 Å². The molecule has 13 heavy (non-hydrogen) atoms. The van der Waals surface area contributed by atoms with Gasteiger partial charge >= 0.3 is 0 Å². The number of para-hydroxylation sites is 1. The molecule has 0 spiro atoms. The van der Waals surface area contributed by atoms with Crippen LogP contribution in [0, 0.1) is 0 Å². The van der Waals surface area contributed by atoms with Crippen molar-refractivity contribution >= 4 is 11.8 Å². The van der Waals surface area contributed by atoms with Gasteiger partial charge in [0.2, 0.25) is 0 Å². The first-order valence-corrected chi connectivity index (χ1v) is 4.81. The Hall–Kier alpha value is -1.24. The van der Waals surface area contributed by atoms with Gasteiger partial charge in [0.1, 0.15) is 0 Å². The maximum atomic E-state index is 5.56. The molecular weight excluding hydrogens is 158 g/mol. The SMILES string of the molecule is C=Cc1ccccc1N.CC.CC.[HH]. The fourth-order valence-corrected chi connectivity index (χ4v) is 0.697. The molecule has 0 aliphatic heterocycles. The molecule has 1 nitrogen and oxygen atoms in total. The fraction of sp³-hybridized carbons (Fsp3) is 0.333. The molecule has 0 saturated carbocycles. The molecule has 0 amide bonds. The van der Waals surface area contributed by atoms with Crippen molar-refractivity contribution in [3.05, 3.63) is 36.4 Å². The molecule has 0 saturated heterocycles. The van der Waals surface area contributed by atoms with Crippen LogP contribution < -0.4 is 5.73 Å². The van der Waals surface area contributed by atoms with Gasteiger partial charge in [-0.05, 0) is 11.6 Å². The van der Waals surface area contributed by atoms with E-state index in [2.05, 4.69) is 6.58 Å². The van der Waals surface area contributed by atoms with Gasteiger partial charge < -0.3 is 5.73 Å². The zero-order valence-electron chi connectivity index (χ0n) is 9.17. The molecule has 1 aromatic carbocycles. The van der Waals surface area contributed by atoms with Gasteiger partial charge in [-0.1, -0.05) is 58.5 Å². The molecule has 0 aliphatic rings. The first-order chi connectivity index (χ1) is 6.34. The highest BCUT2D eigenvalue weighted by atomic mass is 14.5. The normalized spacial score (nSPS) is 7.08. The largest absolute Gasteiger partial charge is 0.398 e. The molecule has 0 unspecified atom stereocenters. The van der Waals surface area contributed by atoms with Crippen molar-refractivity contribution in [2.45, 2.75) is 27.7 Å². The van der Waals surface area contributed by atoms with Gasteiger partial charge in [-0.2, -0.15) is 0 Å². The minimum Gasteiger partial charge on any atom is -0.398 e. The summed E-state index contributed by atoms with van der Waals surface area (Å²) in [6.45, 7) is 11.6. The molecule has 1 heteroatoms. The summed E-state index contributed by atoms with van der Waals surface area (Å²) in [6.07, 6.45) is 1.75. The topological polar surface area (TPSA) is 26.0 Å². The molecule has 0 aliphatic carbocycles. The summed E-state index contributed by atoms with van der Waals surface area (Å²) in [5.74, 6) is 0. The third-order valence-corrected chi connectivity index (χ3v) is 1.22. The summed E-state index contributed by atoms with van der Waals surface area (Å²) >= 11 is 0. The highest BCUT2D eigenvalue weighted by molar-refractivity contribution is 5.62. The Morgan fingerprint density at radius 1 is 1.15 bits per heavy atom. The minimum atomic E-state index is 0. The number of nitrogens with two attached hydrogens (primary N) is 1. The Morgan fingerprint density at radius 3 is 1.92 bits per heavy atom. The predicted octanol–water partition coefficient (Wildman–Crippen LogP) is 4.21. The van der Waals surface area contributed by atoms with Crippen LogP contribution in [-0.2, 0) is 0 Å². The van der Waals surface area contributed by atoms with Crippen molar-refractivity contribution in [3.63, 3.8) is 0 Å². The molecule has 76 valence electrons. The molecule has 1 aromatic rings. The van der Waals surface area contributed by atoms with Crippen LogP contribution >= 0.6 is 0 Å². The van der Waals surface area contributed by atoms with E-state index < -0.39 is 0 Å². The van der Waals surface area contributed by atoms with E-state index in [1.807, 2.05) is 52.0 Å². The third kappa shape index (κ3) is 5.97. The summed E-state index contributed by atoms with van der Waals surface area (Å²) in [6, 6.07) is 7.63. The summed E-state index contributed by atoms with van der Waals surface area (Å²) < 4.78 is 0. The van der Waals surface area contributed by atoms with Crippen LogP contribution in [0.5, 0.6) is 0 Å². The van der Waals surface area contributed by atoms with E-state index in [0.717, 1.165) is 11.3 Å². The van der Waals surface area contributed by atoms with Gasteiger partial charge in [0.15, 0.2) is 0 Å². The van der Waals surface area contributed by atoms with Gasteiger partial charge in [0, 0.05) is 7.11 Å². The lowest BCUT2D eigenvalue weighted by Gasteiger charge is -1.95. The number of hydrogen-bond acceptors (Lipinski definition) is 1. The number of rotatable bonds is 1. The van der Waals surface area contributed by atoms with E-state index in [4.69, 9.17) is 5.73 Å². The van der Waals surface area contributed by atoms with Crippen molar-refractivity contribution in [1.82, 2.24) is 0 Å². The van der Waals surface area contributed by atoms with Crippen molar-refractivity contribution in [1.29, 1.82) is 0 Å². The smallest absolute Gasteiger partial charge is 0.0387 e. The summed E-state index contributed by atoms with van der Waals surface area (Å²) in [5.41, 5.74) is 7.34. The molecule has 0 aromatic heterocycles. The molecular formula is C12H23N. The van der Waals surface area contributed by atoms with E-state index in [1.165, 1.54) is 0 Å². The lowest BCUT2D eigenvalue weighted by molar-refractivity contribution is 1.50. The second-order valence-corrected chi connectivity index (χ2v) is 1.83. The van der Waals surface area contributed by atoms with Crippen LogP contribution in [-0.4, -0.2) is 0 Å². The highest BCUT2D eigenvalue weighted by Crippen LogP contribution is 2.10. The molecule has 0 atom stereocenters. The van der Waals surface area contributed by atoms with Crippen LogP contribution in [0.15, 0.2) is 30.8 Å². The Morgan fingerprint density at radius 2 is 1.62 bits per heavy atom. The molecule has 0 fully saturated rings. The van der Waals surface area contributed by atoms with Crippen LogP contribution in [0.1, 0.15) is 34.7 Å². The molecule has 0 radical (unpaired) electrons. The second-order valence-electron chi connectivity index (χ2n) is 1.83. The Bertz CT molecular complexity index is 221. The van der Waals surface area contributed by atoms with Gasteiger partial charge in [0.25, 0.3) is 0 Å². The van der Waals surface area contributed by atoms with Crippen molar-refractivity contribution in [2.75, 3.05) is 5.73 Å². The predicted molar refractivity (Wildman–Crippen MR) is 65.8 cm³/mol. The zero-order valence-corrected chi connectivity index (χ0v) is 9.17. The van der Waals surface area contributed by atoms with E-state index >= 15 is 0 Å². The third-order valence-electron chi connectivity index (χ3n) is 1.22. The summed E-state index contributed by atoms with van der Waals surface area (Å²) in [4.78, 5) is 0. The second kappa shape index (κ2) is 10.8. The van der Waals surface area contributed by atoms with E-state index in [0.29, 0.717) is 0 Å². The van der Waals surface area contributed by atoms with Crippen LogP contribution in [0.4, 0.5) is 5.69 Å². The quantitative estimate of drug-likeness (QED) is 0.645. The molecule has 1 rings (SSSR count). The van der Waals surface area contributed by atoms with Crippen LogP contribution in [0.2, 0.25) is 0 Å². The lowest BCUT2D eigenvalue weighted by atomic mass is 10.2. The Kier molecular flexibility index (Phi) is 11.8. The number of nitrogen functional groups attached to an aromatic ring is 1. The van der Waals surface area contributed by atoms with Crippen LogP contribution in [0.3, 0.4) is 0 Å². The summed E-state index contributed by atoms with van der Waals surface area (Å²) in [5, 5.41) is 0. The minimum absolute atomic E-state index is 0. The average Bonchev–Trinajstić information content (AvgIpc) is 2.24. The fourth-order valence-electron chi connectivity index (χ4n) is 0.697. The maximum Gasteiger partial charge on any atom is 0.0387 e. The van der Waals surface area contributed by atoms with E-state index in [-0.39, 0.29) is 1.43 Å². The van der Waals surface area contributed by atoms with Gasteiger partial charge in [0.05, 0.1) is 0 Å². The van der Waals surface area contributed by atoms with E-state index in [1.54, 1.807) is 6.08 Å². The first-order valence-electron chi connectivity index (χ1n) is 4.81. The van der Waals surface area contributed by atoms with Crippen molar-refractivity contribution in [2.24, 2.45) is 0 Å². The van der Waals surface area contributed by atoms with Gasteiger partial charge in [-0.3, -0.25) is 0 Å².